The Morgan fingerprint density at radius 2 is 1.78 bits per heavy atom. The molecule has 0 unspecified atom stereocenters. The molecule has 0 aromatic rings. The first-order valence-corrected chi connectivity index (χ1v) is 6.93. The molecular formula is C15H26O3. The normalized spacial score (nSPS) is 43.8. The highest BCUT2D eigenvalue weighted by molar-refractivity contribution is 5.32. The Morgan fingerprint density at radius 1 is 1.17 bits per heavy atom. The smallest absolute Gasteiger partial charge is 0.101 e. The van der Waals surface area contributed by atoms with Gasteiger partial charge in [-0.15, -0.1) is 0 Å². The van der Waals surface area contributed by atoms with Crippen LogP contribution < -0.4 is 0 Å². The summed E-state index contributed by atoms with van der Waals surface area (Å²) >= 11 is 0. The van der Waals surface area contributed by atoms with Crippen LogP contribution in [0.1, 0.15) is 47.0 Å². The van der Waals surface area contributed by atoms with E-state index in [-0.39, 0.29) is 23.4 Å². The van der Waals surface area contributed by atoms with Crippen LogP contribution >= 0.6 is 0 Å². The summed E-state index contributed by atoms with van der Waals surface area (Å²) in [5.41, 5.74) is 1.52. The van der Waals surface area contributed by atoms with Crippen LogP contribution in [-0.4, -0.2) is 34.1 Å². The van der Waals surface area contributed by atoms with Crippen molar-refractivity contribution in [3.8, 4) is 0 Å². The van der Waals surface area contributed by atoms with Gasteiger partial charge in [0.25, 0.3) is 0 Å². The second kappa shape index (κ2) is 4.32. The molecule has 2 aliphatic rings. The summed E-state index contributed by atoms with van der Waals surface area (Å²) in [6.45, 7) is 8.30. The lowest BCUT2D eigenvalue weighted by Crippen LogP contribution is -2.57. The van der Waals surface area contributed by atoms with E-state index in [4.69, 9.17) is 0 Å². The summed E-state index contributed by atoms with van der Waals surface area (Å²) in [4.78, 5) is 0. The van der Waals surface area contributed by atoms with Crippen molar-refractivity contribution in [2.75, 3.05) is 6.61 Å². The van der Waals surface area contributed by atoms with Gasteiger partial charge in [-0.1, -0.05) is 27.2 Å². The fourth-order valence-corrected chi connectivity index (χ4v) is 4.64. The summed E-state index contributed by atoms with van der Waals surface area (Å²) in [6, 6.07) is 0. The van der Waals surface area contributed by atoms with E-state index in [0.717, 1.165) is 30.4 Å². The molecule has 2 aliphatic carbocycles. The lowest BCUT2D eigenvalue weighted by Gasteiger charge is -2.57. The van der Waals surface area contributed by atoms with Crippen molar-refractivity contribution in [1.82, 2.24) is 0 Å². The minimum atomic E-state index is -0.831. The Bertz CT molecular complexity index is 372. The molecule has 0 aliphatic heterocycles. The third kappa shape index (κ3) is 1.75. The molecule has 4 atom stereocenters. The summed E-state index contributed by atoms with van der Waals surface area (Å²) in [6.07, 6.45) is 1.61. The molecule has 2 rings (SSSR count). The first-order chi connectivity index (χ1) is 8.25. The molecule has 0 amide bonds. The lowest BCUT2D eigenvalue weighted by molar-refractivity contribution is -0.118. The van der Waals surface area contributed by atoms with Gasteiger partial charge in [-0.3, -0.25) is 0 Å². The Kier molecular flexibility index (Phi) is 3.37. The topological polar surface area (TPSA) is 60.7 Å². The van der Waals surface area contributed by atoms with E-state index >= 15 is 0 Å². The molecule has 0 aromatic heterocycles. The zero-order valence-electron chi connectivity index (χ0n) is 11.9. The number of aliphatic hydroxyl groups excluding tert-OH is 3. The number of aliphatic hydroxyl groups is 3. The highest BCUT2D eigenvalue weighted by Gasteiger charge is 2.56. The third-order valence-corrected chi connectivity index (χ3v) is 5.48. The van der Waals surface area contributed by atoms with Gasteiger partial charge in [0.1, 0.15) is 6.10 Å². The van der Waals surface area contributed by atoms with Gasteiger partial charge in [0.2, 0.25) is 0 Å². The van der Waals surface area contributed by atoms with E-state index in [9.17, 15) is 15.3 Å². The molecule has 18 heavy (non-hydrogen) atoms. The monoisotopic (exact) mass is 254 g/mol. The molecule has 0 bridgehead atoms. The molecule has 0 heterocycles. The molecule has 0 radical (unpaired) electrons. The highest BCUT2D eigenvalue weighted by atomic mass is 16.3. The van der Waals surface area contributed by atoms with Crippen molar-refractivity contribution in [3.05, 3.63) is 11.1 Å². The Morgan fingerprint density at radius 3 is 2.33 bits per heavy atom. The molecule has 3 N–H and O–H groups in total. The highest BCUT2D eigenvalue weighted by Crippen LogP contribution is 2.59. The van der Waals surface area contributed by atoms with Gasteiger partial charge >= 0.3 is 0 Å². The maximum absolute atomic E-state index is 10.5. The van der Waals surface area contributed by atoms with Crippen molar-refractivity contribution in [3.63, 3.8) is 0 Å². The quantitative estimate of drug-likeness (QED) is 0.626. The van der Waals surface area contributed by atoms with E-state index in [1.54, 1.807) is 0 Å². The summed E-state index contributed by atoms with van der Waals surface area (Å²) in [5.74, 6) is 0.0135. The number of hydrogen-bond donors (Lipinski definition) is 3. The molecule has 0 aromatic carbocycles. The number of hydrogen-bond acceptors (Lipinski definition) is 3. The lowest BCUT2D eigenvalue weighted by atomic mass is 9.49. The van der Waals surface area contributed by atoms with Gasteiger partial charge in [0.15, 0.2) is 0 Å². The molecule has 0 saturated heterocycles. The standard InChI is InChI=1S/C15H26O3/c1-9-10(8-16)15(4)7-5-6-14(2,3)13(15)12(18)11(9)17/h11-13,16-18H,5-8H2,1-4H3/t11-,12+,13-,15-/m0/s1. The van der Waals surface area contributed by atoms with Crippen LogP contribution in [0.3, 0.4) is 0 Å². The minimum Gasteiger partial charge on any atom is -0.392 e. The largest absolute Gasteiger partial charge is 0.392 e. The number of fused-ring (bicyclic) bond motifs is 1. The third-order valence-electron chi connectivity index (χ3n) is 5.48. The maximum atomic E-state index is 10.5. The van der Waals surface area contributed by atoms with Gasteiger partial charge in [-0.2, -0.15) is 0 Å². The van der Waals surface area contributed by atoms with Crippen molar-refractivity contribution in [2.24, 2.45) is 16.7 Å². The average Bonchev–Trinajstić information content (AvgIpc) is 2.25. The van der Waals surface area contributed by atoms with Gasteiger partial charge in [0.05, 0.1) is 12.7 Å². The van der Waals surface area contributed by atoms with Crippen molar-refractivity contribution in [2.45, 2.75) is 59.2 Å². The van der Waals surface area contributed by atoms with E-state index < -0.39 is 12.2 Å². The zero-order valence-corrected chi connectivity index (χ0v) is 11.9. The molecule has 104 valence electrons. The molecule has 3 heteroatoms. The fourth-order valence-electron chi connectivity index (χ4n) is 4.64. The zero-order chi connectivity index (χ0) is 13.7. The Labute approximate surface area is 110 Å². The van der Waals surface area contributed by atoms with E-state index in [0.29, 0.717) is 0 Å². The predicted octanol–water partition coefficient (Wildman–Crippen LogP) is 1.86. The van der Waals surface area contributed by atoms with E-state index in [2.05, 4.69) is 20.8 Å². The van der Waals surface area contributed by atoms with E-state index in [1.807, 2.05) is 6.92 Å². The minimum absolute atomic E-state index is 0.00544. The van der Waals surface area contributed by atoms with Crippen LogP contribution in [0.25, 0.3) is 0 Å². The van der Waals surface area contributed by atoms with Crippen LogP contribution in [0.5, 0.6) is 0 Å². The maximum Gasteiger partial charge on any atom is 0.101 e. The molecule has 0 spiro atoms. The summed E-state index contributed by atoms with van der Waals surface area (Å²) in [7, 11) is 0. The first kappa shape index (κ1) is 14.0. The molecular weight excluding hydrogens is 228 g/mol. The van der Waals surface area contributed by atoms with Crippen LogP contribution in [0.4, 0.5) is 0 Å². The molecule has 1 saturated carbocycles. The van der Waals surface area contributed by atoms with Gasteiger partial charge in [-0.25, -0.2) is 0 Å². The SMILES string of the molecule is CC1=C(CO)[C@]2(C)CCCC(C)(C)[C@@H]2[C@H](O)[C@H]1O. The van der Waals surface area contributed by atoms with Crippen LogP contribution in [0, 0.1) is 16.7 Å². The van der Waals surface area contributed by atoms with Crippen molar-refractivity contribution in [1.29, 1.82) is 0 Å². The van der Waals surface area contributed by atoms with Crippen LogP contribution in [0.2, 0.25) is 0 Å². The Hall–Kier alpha value is -0.380. The molecule has 3 nitrogen and oxygen atoms in total. The van der Waals surface area contributed by atoms with Crippen molar-refractivity contribution < 1.29 is 15.3 Å². The second-order valence-electron chi connectivity index (χ2n) is 6.99. The van der Waals surface area contributed by atoms with Crippen LogP contribution in [-0.2, 0) is 0 Å². The predicted molar refractivity (Wildman–Crippen MR) is 71.0 cm³/mol. The molecule has 1 fully saturated rings. The first-order valence-electron chi connectivity index (χ1n) is 6.93. The second-order valence-corrected chi connectivity index (χ2v) is 6.99. The average molecular weight is 254 g/mol. The van der Waals surface area contributed by atoms with Gasteiger partial charge in [-0.05, 0) is 41.7 Å². The van der Waals surface area contributed by atoms with Crippen LogP contribution in [0.15, 0.2) is 11.1 Å². The number of rotatable bonds is 1. The van der Waals surface area contributed by atoms with Crippen molar-refractivity contribution >= 4 is 0 Å². The summed E-state index contributed by atoms with van der Waals surface area (Å²) in [5, 5.41) is 30.4. The van der Waals surface area contributed by atoms with Gasteiger partial charge < -0.3 is 15.3 Å². The Balaban J connectivity index is 2.57. The van der Waals surface area contributed by atoms with Gasteiger partial charge in [0, 0.05) is 5.92 Å². The summed E-state index contributed by atoms with van der Waals surface area (Å²) < 4.78 is 0. The van der Waals surface area contributed by atoms with E-state index in [1.165, 1.54) is 0 Å². The fraction of sp³-hybridized carbons (Fsp3) is 0.867.